The molecule has 180 valence electrons. The Bertz CT molecular complexity index is 1670. The van der Waals surface area contributed by atoms with E-state index < -0.39 is 17.2 Å². The predicted molar refractivity (Wildman–Crippen MR) is 143 cm³/mol. The van der Waals surface area contributed by atoms with Gasteiger partial charge in [0.2, 0.25) is 5.78 Å². The van der Waals surface area contributed by atoms with Gasteiger partial charge in [0.05, 0.1) is 10.2 Å². The third-order valence-electron chi connectivity index (χ3n) is 5.47. The third-order valence-corrected chi connectivity index (χ3v) is 7.12. The van der Waals surface area contributed by atoms with Crippen LogP contribution in [0.1, 0.15) is 34.8 Å². The zero-order valence-electron chi connectivity index (χ0n) is 19.1. The average Bonchev–Trinajstić information content (AvgIpc) is 3.18. The van der Waals surface area contributed by atoms with E-state index in [1.165, 1.54) is 28.8 Å². The minimum absolute atomic E-state index is 0.146. The molecule has 0 aliphatic heterocycles. The van der Waals surface area contributed by atoms with Crippen molar-refractivity contribution in [1.82, 2.24) is 4.57 Å². The van der Waals surface area contributed by atoms with Crippen molar-refractivity contribution in [1.29, 1.82) is 5.26 Å². The third kappa shape index (κ3) is 5.34. The lowest BCUT2D eigenvalue weighted by atomic mass is 10.0. The molecule has 4 aromatic rings. The molecule has 8 heteroatoms. The first kappa shape index (κ1) is 25.6. The van der Waals surface area contributed by atoms with Crippen LogP contribution in [0.5, 0.6) is 0 Å². The van der Waals surface area contributed by atoms with Crippen LogP contribution in [0.15, 0.2) is 71.5 Å². The second-order valence-electron chi connectivity index (χ2n) is 7.96. The van der Waals surface area contributed by atoms with E-state index in [9.17, 15) is 19.2 Å². The van der Waals surface area contributed by atoms with Gasteiger partial charge in [0.15, 0.2) is 0 Å². The number of aryl methyl sites for hydroxylation is 1. The minimum atomic E-state index is -0.506. The molecule has 36 heavy (non-hydrogen) atoms. The quantitative estimate of drug-likeness (QED) is 0.297. The number of benzene rings is 3. The lowest BCUT2D eigenvalue weighted by Gasteiger charge is -2.05. The zero-order valence-corrected chi connectivity index (χ0v) is 21.4. The van der Waals surface area contributed by atoms with Gasteiger partial charge in [-0.3, -0.25) is 14.2 Å². The number of nitrogens with zero attached hydrogens (tertiary/aromatic N) is 2. The first-order chi connectivity index (χ1) is 17.3. The van der Waals surface area contributed by atoms with Crippen LogP contribution in [0, 0.1) is 17.1 Å². The molecule has 0 bridgehead atoms. The standard InChI is InChI=1S/C28H19Cl2FN2O2S/c1-2-3-17-4-6-18(7-5-17)26(34)23(16-32)28-33(22-12-10-21(31)11-13-22)27(35)25(36-28)14-19-8-9-20(29)15-24(19)30/h4-15H,2-3H2,1H3/b25-14-,28-23-. The Balaban J connectivity index is 1.99. The number of thiazole rings is 1. The van der Waals surface area contributed by atoms with Gasteiger partial charge >= 0.3 is 0 Å². The summed E-state index contributed by atoms with van der Waals surface area (Å²) in [5.74, 6) is -0.982. The summed E-state index contributed by atoms with van der Waals surface area (Å²) in [5, 5.41) is 10.8. The molecule has 0 aliphatic carbocycles. The van der Waals surface area contributed by atoms with Crippen LogP contribution in [0.2, 0.25) is 10.0 Å². The van der Waals surface area contributed by atoms with Crippen molar-refractivity contribution in [2.75, 3.05) is 0 Å². The van der Waals surface area contributed by atoms with Crippen LogP contribution in [-0.2, 0) is 6.42 Å². The summed E-state index contributed by atoms with van der Waals surface area (Å²) in [6.07, 6.45) is 3.43. The number of aromatic nitrogens is 1. The van der Waals surface area contributed by atoms with E-state index >= 15 is 0 Å². The zero-order chi connectivity index (χ0) is 25.8. The lowest BCUT2D eigenvalue weighted by molar-refractivity contribution is 0.105. The van der Waals surface area contributed by atoms with Gasteiger partial charge < -0.3 is 0 Å². The number of nitriles is 1. The molecule has 0 saturated carbocycles. The second-order valence-corrected chi connectivity index (χ2v) is 9.84. The van der Waals surface area contributed by atoms with Gasteiger partial charge in [-0.1, -0.05) is 66.9 Å². The average molecular weight is 537 g/mol. The smallest absolute Gasteiger partial charge is 0.273 e. The second kappa shape index (κ2) is 11.0. The van der Waals surface area contributed by atoms with E-state index in [4.69, 9.17) is 23.2 Å². The van der Waals surface area contributed by atoms with Crippen LogP contribution in [0.25, 0.3) is 17.3 Å². The summed E-state index contributed by atoms with van der Waals surface area (Å²) in [6, 6.07) is 19.2. The topological polar surface area (TPSA) is 62.9 Å². The number of hydrogen-bond acceptors (Lipinski definition) is 4. The Labute approximate surface area is 220 Å². The number of carbonyl (C=O) groups is 1. The van der Waals surface area contributed by atoms with Gasteiger partial charge in [0, 0.05) is 15.6 Å². The highest BCUT2D eigenvalue weighted by atomic mass is 35.5. The van der Waals surface area contributed by atoms with Gasteiger partial charge in [-0.25, -0.2) is 4.39 Å². The molecule has 3 aromatic carbocycles. The molecule has 0 amide bonds. The van der Waals surface area contributed by atoms with Crippen molar-refractivity contribution in [2.45, 2.75) is 19.8 Å². The largest absolute Gasteiger partial charge is 0.288 e. The van der Waals surface area contributed by atoms with Gasteiger partial charge in [-0.05, 0) is 60.0 Å². The summed E-state index contributed by atoms with van der Waals surface area (Å²) in [6.45, 7) is 2.07. The van der Waals surface area contributed by atoms with Crippen LogP contribution < -0.4 is 14.8 Å². The molecule has 1 aromatic heterocycles. The van der Waals surface area contributed by atoms with Crippen molar-refractivity contribution >= 4 is 52.0 Å². The maximum atomic E-state index is 13.6. The molecule has 4 nitrogen and oxygen atoms in total. The monoisotopic (exact) mass is 536 g/mol. The molecule has 0 N–H and O–H groups in total. The molecule has 0 unspecified atom stereocenters. The normalized spacial score (nSPS) is 12.4. The lowest BCUT2D eigenvalue weighted by Crippen LogP contribution is -2.31. The Hall–Kier alpha value is -3.50. The van der Waals surface area contributed by atoms with E-state index in [1.807, 2.05) is 18.2 Å². The predicted octanol–water partition coefficient (Wildman–Crippen LogP) is 5.68. The number of ketones is 1. The SMILES string of the molecule is CCCc1ccc(C(=O)/C(C#N)=c2\s/c(=C\c3ccc(Cl)cc3Cl)c(=O)n2-c2ccc(F)cc2)cc1. The van der Waals surface area contributed by atoms with Crippen molar-refractivity contribution in [2.24, 2.45) is 0 Å². The summed E-state index contributed by atoms with van der Waals surface area (Å²) < 4.78 is 15.3. The molecule has 0 fully saturated rings. The fourth-order valence-corrected chi connectivity index (χ4v) is 5.24. The van der Waals surface area contributed by atoms with Gasteiger partial charge in [0.1, 0.15) is 22.1 Å². The summed E-state index contributed by atoms with van der Waals surface area (Å²) in [7, 11) is 0. The molecule has 0 radical (unpaired) electrons. The number of hydrogen-bond donors (Lipinski definition) is 0. The maximum Gasteiger partial charge on any atom is 0.273 e. The number of carbonyl (C=O) groups excluding carboxylic acids is 1. The van der Waals surface area contributed by atoms with Crippen molar-refractivity contribution in [3.05, 3.63) is 119 Å². The van der Waals surface area contributed by atoms with Crippen LogP contribution in [0.3, 0.4) is 0 Å². The molecule has 1 heterocycles. The van der Waals surface area contributed by atoms with Crippen molar-refractivity contribution in [3.63, 3.8) is 0 Å². The fourth-order valence-electron chi connectivity index (χ4n) is 3.69. The van der Waals surface area contributed by atoms with Crippen molar-refractivity contribution < 1.29 is 9.18 Å². The maximum absolute atomic E-state index is 13.6. The summed E-state index contributed by atoms with van der Waals surface area (Å²) >= 11 is 13.3. The van der Waals surface area contributed by atoms with Crippen LogP contribution >= 0.6 is 34.5 Å². The van der Waals surface area contributed by atoms with Gasteiger partial charge in [-0.15, -0.1) is 11.3 Å². The Morgan fingerprint density at radius 3 is 2.39 bits per heavy atom. The number of halogens is 3. The molecular weight excluding hydrogens is 518 g/mol. The molecule has 0 saturated heterocycles. The Kier molecular flexibility index (Phi) is 7.85. The van der Waals surface area contributed by atoms with Crippen LogP contribution in [-0.4, -0.2) is 10.4 Å². The highest BCUT2D eigenvalue weighted by Crippen LogP contribution is 2.21. The molecule has 0 spiro atoms. The Morgan fingerprint density at radius 2 is 1.78 bits per heavy atom. The summed E-state index contributed by atoms with van der Waals surface area (Å²) in [4.78, 5) is 26.9. The van der Waals surface area contributed by atoms with E-state index in [2.05, 4.69) is 6.92 Å². The fraction of sp³-hybridized carbons (Fsp3) is 0.107. The Morgan fingerprint density at radius 1 is 1.08 bits per heavy atom. The number of Topliss-reactive ketones (excluding diaryl/α,β-unsaturated/α-hetero) is 1. The molecule has 0 aliphatic rings. The van der Waals surface area contributed by atoms with E-state index in [0.29, 0.717) is 26.9 Å². The van der Waals surface area contributed by atoms with Crippen molar-refractivity contribution in [3.8, 4) is 11.8 Å². The molecule has 0 atom stereocenters. The molecule has 4 rings (SSSR count). The van der Waals surface area contributed by atoms with Gasteiger partial charge in [-0.2, -0.15) is 5.26 Å². The van der Waals surface area contributed by atoms with E-state index in [-0.39, 0.29) is 14.8 Å². The minimum Gasteiger partial charge on any atom is -0.288 e. The molecular formula is C28H19Cl2FN2O2S. The summed E-state index contributed by atoms with van der Waals surface area (Å²) in [5.41, 5.74) is 1.65. The van der Waals surface area contributed by atoms with E-state index in [1.54, 1.807) is 36.4 Å². The highest BCUT2D eigenvalue weighted by Gasteiger charge is 2.19. The first-order valence-electron chi connectivity index (χ1n) is 11.0. The number of rotatable bonds is 6. The highest BCUT2D eigenvalue weighted by molar-refractivity contribution is 7.07. The van der Waals surface area contributed by atoms with Crippen LogP contribution in [0.4, 0.5) is 4.39 Å². The first-order valence-corrected chi connectivity index (χ1v) is 12.6. The van der Waals surface area contributed by atoms with Gasteiger partial charge in [0.25, 0.3) is 5.56 Å². The van der Waals surface area contributed by atoms with E-state index in [0.717, 1.165) is 29.7 Å².